The predicted octanol–water partition coefficient (Wildman–Crippen LogP) is 6.05. The fraction of sp³-hybridized carbons (Fsp3) is 0.174. The van der Waals surface area contributed by atoms with Crippen LogP contribution in [0.15, 0.2) is 72.8 Å². The fourth-order valence-electron chi connectivity index (χ4n) is 3.91. The highest BCUT2D eigenvalue weighted by Crippen LogP contribution is 2.53. The number of rotatable bonds is 4. The van der Waals surface area contributed by atoms with Crippen LogP contribution in [-0.2, 0) is 10.2 Å². The number of amides is 1. The van der Waals surface area contributed by atoms with Crippen LogP contribution in [-0.4, -0.2) is 13.0 Å². The third-order valence-corrected chi connectivity index (χ3v) is 5.92. The van der Waals surface area contributed by atoms with Crippen molar-refractivity contribution in [2.24, 2.45) is 0 Å². The first-order valence-corrected chi connectivity index (χ1v) is 9.70. The summed E-state index contributed by atoms with van der Waals surface area (Å²) in [6.45, 7) is 1.97. The Bertz CT molecular complexity index is 1020. The number of ether oxygens (including phenoxy) is 1. The first-order chi connectivity index (χ1) is 13.4. The summed E-state index contributed by atoms with van der Waals surface area (Å²) in [5.74, 6) is 0.775. The summed E-state index contributed by atoms with van der Waals surface area (Å²) in [6, 6.07) is 22.5. The van der Waals surface area contributed by atoms with Crippen LogP contribution in [0.3, 0.4) is 0 Å². The van der Waals surface area contributed by atoms with Gasteiger partial charge in [0.1, 0.15) is 5.75 Å². The Morgan fingerprint density at radius 1 is 0.929 bits per heavy atom. The number of anilines is 1. The molecule has 2 atom stereocenters. The highest BCUT2D eigenvalue weighted by Gasteiger charge is 2.59. The molecular weight excluding hydrogens is 393 g/mol. The Morgan fingerprint density at radius 3 is 2.21 bits per heavy atom. The van der Waals surface area contributed by atoms with Crippen molar-refractivity contribution in [1.29, 1.82) is 0 Å². The normalized spacial score (nSPS) is 21.4. The summed E-state index contributed by atoms with van der Waals surface area (Å²) in [4.78, 5) is 15.2. The first-order valence-electron chi connectivity index (χ1n) is 8.94. The number of β-lactam (4-membered cyclic amide) rings is 1. The second-order valence-corrected chi connectivity index (χ2v) is 7.91. The number of hydrogen-bond donors (Lipinski definition) is 0. The van der Waals surface area contributed by atoms with Crippen molar-refractivity contribution in [2.45, 2.75) is 18.4 Å². The van der Waals surface area contributed by atoms with E-state index >= 15 is 0 Å². The Balaban J connectivity index is 1.82. The van der Waals surface area contributed by atoms with Gasteiger partial charge in [0.25, 0.3) is 0 Å². The number of carbonyl (C=O) groups excluding carboxylic acids is 1. The number of halogens is 2. The SMILES string of the molecule is COc1ccc(N2C(=O)[C@@](C)(c3cccc(Cl)c3)[C@H]2c2ccc(Cl)cc2)cc1. The number of methoxy groups -OCH3 is 1. The lowest BCUT2D eigenvalue weighted by molar-refractivity contribution is -0.132. The van der Waals surface area contributed by atoms with Gasteiger partial charge in [0.15, 0.2) is 0 Å². The highest BCUT2D eigenvalue weighted by atomic mass is 35.5. The van der Waals surface area contributed by atoms with E-state index < -0.39 is 5.41 Å². The molecule has 1 amide bonds. The molecule has 1 heterocycles. The number of nitrogens with zero attached hydrogens (tertiary/aromatic N) is 1. The third-order valence-electron chi connectivity index (χ3n) is 5.43. The molecule has 0 aromatic heterocycles. The van der Waals surface area contributed by atoms with Crippen LogP contribution in [0.4, 0.5) is 5.69 Å². The van der Waals surface area contributed by atoms with Gasteiger partial charge in [-0.15, -0.1) is 0 Å². The molecule has 0 bridgehead atoms. The summed E-state index contributed by atoms with van der Waals surface area (Å²) < 4.78 is 5.24. The van der Waals surface area contributed by atoms with E-state index in [0.29, 0.717) is 10.0 Å². The van der Waals surface area contributed by atoms with Crippen LogP contribution in [0.5, 0.6) is 5.75 Å². The van der Waals surface area contributed by atoms with Crippen LogP contribution in [0.2, 0.25) is 10.0 Å². The minimum atomic E-state index is -0.724. The molecule has 5 heteroatoms. The Labute approximate surface area is 174 Å². The highest BCUT2D eigenvalue weighted by molar-refractivity contribution is 6.31. The van der Waals surface area contributed by atoms with Crippen molar-refractivity contribution in [3.8, 4) is 5.75 Å². The van der Waals surface area contributed by atoms with Gasteiger partial charge in [-0.25, -0.2) is 0 Å². The standard InChI is InChI=1S/C23H19Cl2NO2/c1-23(16-4-3-5-18(25)14-16)21(15-6-8-17(24)9-7-15)26(22(23)27)19-10-12-20(28-2)13-11-19/h3-14,21H,1-2H3/t21-,23+/m1/s1. The molecule has 0 radical (unpaired) electrons. The molecule has 3 aromatic carbocycles. The zero-order valence-electron chi connectivity index (χ0n) is 15.5. The molecular formula is C23H19Cl2NO2. The largest absolute Gasteiger partial charge is 0.497 e. The smallest absolute Gasteiger partial charge is 0.240 e. The molecule has 3 aromatic rings. The third kappa shape index (κ3) is 2.95. The van der Waals surface area contributed by atoms with Gasteiger partial charge in [0.05, 0.1) is 18.6 Å². The van der Waals surface area contributed by atoms with Crippen LogP contribution < -0.4 is 9.64 Å². The predicted molar refractivity (Wildman–Crippen MR) is 113 cm³/mol. The zero-order valence-corrected chi connectivity index (χ0v) is 17.0. The molecule has 0 N–H and O–H groups in total. The van der Waals surface area contributed by atoms with E-state index in [0.717, 1.165) is 22.6 Å². The lowest BCUT2D eigenvalue weighted by Gasteiger charge is -2.55. The maximum Gasteiger partial charge on any atom is 0.240 e. The van der Waals surface area contributed by atoms with Crippen molar-refractivity contribution >= 4 is 34.8 Å². The van der Waals surface area contributed by atoms with Gasteiger partial charge in [-0.3, -0.25) is 4.79 Å². The molecule has 0 saturated carbocycles. The van der Waals surface area contributed by atoms with Gasteiger partial charge >= 0.3 is 0 Å². The van der Waals surface area contributed by atoms with E-state index in [1.807, 2.05) is 84.6 Å². The zero-order chi connectivity index (χ0) is 19.9. The molecule has 28 heavy (non-hydrogen) atoms. The number of benzene rings is 3. The van der Waals surface area contributed by atoms with Gasteiger partial charge < -0.3 is 9.64 Å². The van der Waals surface area contributed by atoms with E-state index in [1.54, 1.807) is 7.11 Å². The molecule has 1 fully saturated rings. The molecule has 3 nitrogen and oxygen atoms in total. The van der Waals surface area contributed by atoms with Crippen molar-refractivity contribution in [3.05, 3.63) is 94.0 Å². The molecule has 1 aliphatic heterocycles. The van der Waals surface area contributed by atoms with Crippen LogP contribution in [0.1, 0.15) is 24.1 Å². The van der Waals surface area contributed by atoms with Crippen molar-refractivity contribution in [3.63, 3.8) is 0 Å². The second-order valence-electron chi connectivity index (χ2n) is 7.04. The second kappa shape index (κ2) is 7.16. The summed E-state index contributed by atoms with van der Waals surface area (Å²) in [5.41, 5.74) is 2.01. The summed E-state index contributed by atoms with van der Waals surface area (Å²) >= 11 is 12.3. The molecule has 142 valence electrons. The molecule has 4 rings (SSSR count). The quantitative estimate of drug-likeness (QED) is 0.489. The fourth-order valence-corrected chi connectivity index (χ4v) is 4.22. The summed E-state index contributed by atoms with van der Waals surface area (Å²) in [6.07, 6.45) is 0. The van der Waals surface area contributed by atoms with Crippen LogP contribution in [0.25, 0.3) is 0 Å². The topological polar surface area (TPSA) is 29.5 Å². The maximum absolute atomic E-state index is 13.4. The summed E-state index contributed by atoms with van der Waals surface area (Å²) in [5, 5.41) is 1.28. The minimum Gasteiger partial charge on any atom is -0.497 e. The number of carbonyl (C=O) groups is 1. The molecule has 0 aliphatic carbocycles. The Morgan fingerprint density at radius 2 is 1.61 bits per heavy atom. The first kappa shape index (κ1) is 18.9. The van der Waals surface area contributed by atoms with E-state index in [-0.39, 0.29) is 11.9 Å². The summed E-state index contributed by atoms with van der Waals surface area (Å²) in [7, 11) is 1.62. The molecule has 0 spiro atoms. The van der Waals surface area contributed by atoms with E-state index in [9.17, 15) is 4.79 Å². The van der Waals surface area contributed by atoms with Crippen molar-refractivity contribution in [2.75, 3.05) is 12.0 Å². The Hall–Kier alpha value is -2.49. The molecule has 0 unspecified atom stereocenters. The van der Waals surface area contributed by atoms with Crippen LogP contribution in [0, 0.1) is 0 Å². The van der Waals surface area contributed by atoms with Crippen molar-refractivity contribution < 1.29 is 9.53 Å². The average molecular weight is 412 g/mol. The van der Waals surface area contributed by atoms with Gasteiger partial charge in [0.2, 0.25) is 5.91 Å². The lowest BCUT2D eigenvalue weighted by atomic mass is 9.64. The van der Waals surface area contributed by atoms with Gasteiger partial charge in [0, 0.05) is 15.7 Å². The van der Waals surface area contributed by atoms with E-state index in [2.05, 4.69) is 0 Å². The van der Waals surface area contributed by atoms with Gasteiger partial charge in [-0.1, -0.05) is 47.5 Å². The van der Waals surface area contributed by atoms with E-state index in [4.69, 9.17) is 27.9 Å². The van der Waals surface area contributed by atoms with Crippen LogP contribution >= 0.6 is 23.2 Å². The maximum atomic E-state index is 13.4. The lowest BCUT2D eigenvalue weighted by Crippen LogP contribution is -2.65. The van der Waals surface area contributed by atoms with Crippen molar-refractivity contribution in [1.82, 2.24) is 0 Å². The Kier molecular flexibility index (Phi) is 4.82. The van der Waals surface area contributed by atoms with Gasteiger partial charge in [-0.05, 0) is 66.6 Å². The molecule has 1 aliphatic rings. The molecule has 1 saturated heterocycles. The minimum absolute atomic E-state index is 0.0277. The number of hydrogen-bond acceptors (Lipinski definition) is 2. The average Bonchev–Trinajstić information content (AvgIpc) is 2.72. The van der Waals surface area contributed by atoms with E-state index in [1.165, 1.54) is 0 Å². The monoisotopic (exact) mass is 411 g/mol. The van der Waals surface area contributed by atoms with Gasteiger partial charge in [-0.2, -0.15) is 0 Å².